The van der Waals surface area contributed by atoms with Gasteiger partial charge in [0.25, 0.3) is 0 Å². The van der Waals surface area contributed by atoms with Gasteiger partial charge in [0.05, 0.1) is 6.42 Å². The van der Waals surface area contributed by atoms with Crippen LogP contribution < -0.4 is 0 Å². The highest BCUT2D eigenvalue weighted by atomic mass is 16.5. The number of rotatable bonds is 7. The Morgan fingerprint density at radius 1 is 1.37 bits per heavy atom. The highest BCUT2D eigenvalue weighted by molar-refractivity contribution is 5.69. The lowest BCUT2D eigenvalue weighted by Crippen LogP contribution is -2.20. The molecule has 1 N–H and O–H groups in total. The van der Waals surface area contributed by atoms with E-state index in [2.05, 4.69) is 6.92 Å². The second-order valence-corrected chi connectivity index (χ2v) is 5.58. The van der Waals surface area contributed by atoms with Crippen molar-refractivity contribution in [2.24, 2.45) is 5.41 Å². The van der Waals surface area contributed by atoms with Crippen molar-refractivity contribution in [3.8, 4) is 0 Å². The van der Waals surface area contributed by atoms with Crippen molar-refractivity contribution in [1.29, 1.82) is 0 Å². The van der Waals surface area contributed by atoms with E-state index in [4.69, 9.17) is 9.84 Å². The van der Waals surface area contributed by atoms with E-state index >= 15 is 0 Å². The van der Waals surface area contributed by atoms with Crippen molar-refractivity contribution >= 4 is 11.9 Å². The molecular formula is C15H24O4. The van der Waals surface area contributed by atoms with E-state index in [0.29, 0.717) is 12.2 Å². The summed E-state index contributed by atoms with van der Waals surface area (Å²) in [5.41, 5.74) is 0.684. The van der Waals surface area contributed by atoms with Crippen LogP contribution in [0.15, 0.2) is 11.3 Å². The topological polar surface area (TPSA) is 63.6 Å². The molecule has 0 heterocycles. The third kappa shape index (κ3) is 4.37. The zero-order valence-electron chi connectivity index (χ0n) is 12.1. The number of esters is 1. The molecule has 4 heteroatoms. The van der Waals surface area contributed by atoms with E-state index in [1.165, 1.54) is 6.92 Å². The van der Waals surface area contributed by atoms with Gasteiger partial charge in [0.15, 0.2) is 0 Å². The largest absolute Gasteiger partial charge is 0.481 e. The molecule has 19 heavy (non-hydrogen) atoms. The molecule has 0 aromatic carbocycles. The van der Waals surface area contributed by atoms with Crippen LogP contribution in [-0.2, 0) is 14.3 Å². The maximum atomic E-state index is 11.1. The summed E-state index contributed by atoms with van der Waals surface area (Å²) in [6.07, 6.45) is 5.62. The highest BCUT2D eigenvalue weighted by Crippen LogP contribution is 2.47. The Balaban J connectivity index is 2.89. The maximum Gasteiger partial charge on any atom is 0.307 e. The van der Waals surface area contributed by atoms with E-state index in [1.54, 1.807) is 0 Å². The number of aliphatic carboxylic acids is 1. The van der Waals surface area contributed by atoms with Crippen LogP contribution in [0, 0.1) is 5.41 Å². The number of unbranched alkanes of at least 4 members (excludes halogenated alkanes) is 2. The summed E-state index contributed by atoms with van der Waals surface area (Å²) in [6, 6.07) is 0. The van der Waals surface area contributed by atoms with E-state index < -0.39 is 5.97 Å². The van der Waals surface area contributed by atoms with E-state index in [0.717, 1.165) is 37.7 Å². The molecule has 1 aliphatic carbocycles. The lowest BCUT2D eigenvalue weighted by atomic mass is 9.78. The monoisotopic (exact) mass is 268 g/mol. The smallest absolute Gasteiger partial charge is 0.307 e. The zero-order chi connectivity index (χ0) is 14.5. The Labute approximate surface area is 114 Å². The van der Waals surface area contributed by atoms with Crippen LogP contribution in [0.4, 0.5) is 0 Å². The first kappa shape index (κ1) is 15.7. The average Bonchev–Trinajstić information content (AvgIpc) is 2.56. The fourth-order valence-electron chi connectivity index (χ4n) is 2.84. The second kappa shape index (κ2) is 6.73. The second-order valence-electron chi connectivity index (χ2n) is 5.58. The lowest BCUT2D eigenvalue weighted by Gasteiger charge is -2.26. The summed E-state index contributed by atoms with van der Waals surface area (Å²) < 4.78 is 5.28. The number of hydrogen-bond acceptors (Lipinski definition) is 3. The summed E-state index contributed by atoms with van der Waals surface area (Å²) >= 11 is 0. The lowest BCUT2D eigenvalue weighted by molar-refractivity contribution is -0.139. The van der Waals surface area contributed by atoms with Crippen molar-refractivity contribution in [3.05, 3.63) is 11.3 Å². The molecule has 0 radical (unpaired) electrons. The first-order valence-electron chi connectivity index (χ1n) is 7.01. The van der Waals surface area contributed by atoms with Crippen molar-refractivity contribution < 1.29 is 19.4 Å². The van der Waals surface area contributed by atoms with Gasteiger partial charge in [0.1, 0.15) is 5.76 Å². The molecule has 1 unspecified atom stereocenters. The highest BCUT2D eigenvalue weighted by Gasteiger charge is 2.39. The Morgan fingerprint density at radius 2 is 2.05 bits per heavy atom. The van der Waals surface area contributed by atoms with Crippen LogP contribution in [0.1, 0.15) is 65.7 Å². The SMILES string of the molecule is CCCCCC1=C(OC(C)=O)CCC1(C)CC(=O)O. The maximum absolute atomic E-state index is 11.1. The van der Waals surface area contributed by atoms with Gasteiger partial charge >= 0.3 is 11.9 Å². The van der Waals surface area contributed by atoms with E-state index in [1.807, 2.05) is 6.92 Å². The standard InChI is InChI=1S/C15H24O4/c1-4-5-6-7-12-13(19-11(2)16)8-9-15(12,3)10-14(17)18/h4-10H2,1-3H3,(H,17,18). The fourth-order valence-corrected chi connectivity index (χ4v) is 2.84. The molecule has 0 saturated carbocycles. The van der Waals surface area contributed by atoms with Crippen molar-refractivity contribution in [1.82, 2.24) is 0 Å². The normalized spacial score (nSPS) is 22.7. The average molecular weight is 268 g/mol. The van der Waals surface area contributed by atoms with Crippen LogP contribution in [0.5, 0.6) is 0 Å². The molecule has 0 saturated heterocycles. The number of carbonyl (C=O) groups excluding carboxylic acids is 1. The minimum absolute atomic E-state index is 0.110. The Kier molecular flexibility index (Phi) is 5.58. The van der Waals surface area contributed by atoms with Crippen LogP contribution in [-0.4, -0.2) is 17.0 Å². The molecule has 1 rings (SSSR count). The van der Waals surface area contributed by atoms with E-state index in [9.17, 15) is 9.59 Å². The number of carbonyl (C=O) groups is 2. The predicted octanol–water partition coefficient (Wildman–Crippen LogP) is 3.66. The molecule has 0 amide bonds. The summed E-state index contributed by atoms with van der Waals surface area (Å²) in [5, 5.41) is 9.07. The molecule has 1 aliphatic rings. The van der Waals surface area contributed by atoms with Gasteiger partial charge in [-0.25, -0.2) is 0 Å². The number of hydrogen-bond donors (Lipinski definition) is 1. The molecule has 0 aliphatic heterocycles. The van der Waals surface area contributed by atoms with Gasteiger partial charge in [0.2, 0.25) is 0 Å². The molecule has 0 fully saturated rings. The van der Waals surface area contributed by atoms with E-state index in [-0.39, 0.29) is 17.8 Å². The molecule has 108 valence electrons. The molecule has 0 bridgehead atoms. The van der Waals surface area contributed by atoms with Crippen LogP contribution in [0.2, 0.25) is 0 Å². The summed E-state index contributed by atoms with van der Waals surface area (Å²) in [6.45, 7) is 5.49. The predicted molar refractivity (Wildman–Crippen MR) is 72.5 cm³/mol. The fraction of sp³-hybridized carbons (Fsp3) is 0.733. The molecular weight excluding hydrogens is 244 g/mol. The van der Waals surface area contributed by atoms with Gasteiger partial charge < -0.3 is 9.84 Å². The molecule has 1 atom stereocenters. The minimum Gasteiger partial charge on any atom is -0.481 e. The van der Waals surface area contributed by atoms with Crippen molar-refractivity contribution in [2.45, 2.75) is 65.7 Å². The summed E-state index contributed by atoms with van der Waals surface area (Å²) in [7, 11) is 0. The van der Waals surface area contributed by atoms with Crippen molar-refractivity contribution in [2.75, 3.05) is 0 Å². The van der Waals surface area contributed by atoms with Gasteiger partial charge in [0, 0.05) is 18.8 Å². The Bertz CT molecular complexity index is 384. The zero-order valence-corrected chi connectivity index (χ0v) is 12.1. The van der Waals surface area contributed by atoms with Gasteiger partial charge in [-0.15, -0.1) is 0 Å². The summed E-state index contributed by atoms with van der Waals surface area (Å²) in [4.78, 5) is 22.2. The third-order valence-corrected chi connectivity index (χ3v) is 3.81. The number of ether oxygens (including phenoxy) is 1. The minimum atomic E-state index is -0.792. The number of carboxylic acid groups (broad SMARTS) is 1. The van der Waals surface area contributed by atoms with Gasteiger partial charge in [-0.3, -0.25) is 9.59 Å². The van der Waals surface area contributed by atoms with Crippen molar-refractivity contribution in [3.63, 3.8) is 0 Å². The summed E-state index contributed by atoms with van der Waals surface area (Å²) in [5.74, 6) is -0.394. The molecule has 0 spiro atoms. The van der Waals surface area contributed by atoms with Gasteiger partial charge in [-0.05, 0) is 24.8 Å². The van der Waals surface area contributed by atoms with Crippen LogP contribution in [0.25, 0.3) is 0 Å². The Morgan fingerprint density at radius 3 is 2.58 bits per heavy atom. The van der Waals surface area contributed by atoms with Gasteiger partial charge in [-0.2, -0.15) is 0 Å². The Hall–Kier alpha value is -1.32. The third-order valence-electron chi connectivity index (χ3n) is 3.81. The first-order chi connectivity index (χ1) is 8.89. The quantitative estimate of drug-likeness (QED) is 0.565. The van der Waals surface area contributed by atoms with Crippen LogP contribution >= 0.6 is 0 Å². The molecule has 4 nitrogen and oxygen atoms in total. The van der Waals surface area contributed by atoms with Gasteiger partial charge in [-0.1, -0.05) is 26.7 Å². The molecule has 0 aromatic heterocycles. The van der Waals surface area contributed by atoms with Crippen LogP contribution in [0.3, 0.4) is 0 Å². The number of allylic oxidation sites excluding steroid dienone is 2. The number of carboxylic acids is 1. The first-order valence-corrected chi connectivity index (χ1v) is 7.01. The molecule has 0 aromatic rings.